The van der Waals surface area contributed by atoms with E-state index in [0.29, 0.717) is 34.5 Å². The standard InChI is InChI=1S/C24H20ClN3O5S/c1-32-21-3-2-4-22(20(21)13-26)33-23-12-16(25)5-10-19(23)15-11-24(29)28(14-15)17-6-8-18(9-7-17)34(27,30)31/h2-10,12,15H,11,14H2,1H3,(H2,27,30,31)/t15-/m0/s1. The van der Waals surface area contributed by atoms with Crippen LogP contribution >= 0.6 is 11.6 Å². The van der Waals surface area contributed by atoms with Crippen LogP contribution in [0.5, 0.6) is 17.2 Å². The number of hydrogen-bond donors (Lipinski definition) is 1. The Morgan fingerprint density at radius 3 is 2.44 bits per heavy atom. The van der Waals surface area contributed by atoms with Crippen LogP contribution in [-0.4, -0.2) is 28.0 Å². The molecule has 1 heterocycles. The fraction of sp³-hybridized carbons (Fsp3) is 0.167. The maximum atomic E-state index is 12.8. The number of nitrogens with zero attached hydrogens (tertiary/aromatic N) is 2. The molecule has 1 aliphatic heterocycles. The second-order valence-corrected chi connectivity index (χ2v) is 9.67. The number of nitriles is 1. The third-order valence-electron chi connectivity index (χ3n) is 5.56. The number of sulfonamides is 1. The molecule has 8 nitrogen and oxygen atoms in total. The van der Waals surface area contributed by atoms with E-state index in [1.807, 2.05) is 0 Å². The molecule has 1 atom stereocenters. The Kier molecular flexibility index (Phi) is 6.48. The molecule has 2 N–H and O–H groups in total. The molecule has 10 heteroatoms. The highest BCUT2D eigenvalue weighted by Crippen LogP contribution is 2.40. The largest absolute Gasteiger partial charge is 0.495 e. The smallest absolute Gasteiger partial charge is 0.238 e. The first-order valence-corrected chi connectivity index (χ1v) is 12.1. The number of hydrogen-bond acceptors (Lipinski definition) is 6. The Morgan fingerprint density at radius 2 is 1.79 bits per heavy atom. The van der Waals surface area contributed by atoms with Crippen LogP contribution < -0.4 is 19.5 Å². The molecule has 0 radical (unpaired) electrons. The molecule has 0 spiro atoms. The van der Waals surface area contributed by atoms with Crippen molar-refractivity contribution in [3.05, 3.63) is 76.8 Å². The van der Waals surface area contributed by atoms with Crippen LogP contribution in [-0.2, 0) is 14.8 Å². The van der Waals surface area contributed by atoms with E-state index in [2.05, 4.69) is 6.07 Å². The monoisotopic (exact) mass is 497 g/mol. The van der Waals surface area contributed by atoms with Crippen molar-refractivity contribution in [2.45, 2.75) is 17.2 Å². The molecule has 34 heavy (non-hydrogen) atoms. The van der Waals surface area contributed by atoms with Crippen molar-refractivity contribution in [3.8, 4) is 23.3 Å². The maximum absolute atomic E-state index is 12.8. The summed E-state index contributed by atoms with van der Waals surface area (Å²) in [6.07, 6.45) is 0.220. The van der Waals surface area contributed by atoms with Crippen LogP contribution in [0.25, 0.3) is 0 Å². The lowest BCUT2D eigenvalue weighted by Gasteiger charge is -2.19. The number of nitrogens with two attached hydrogens (primary N) is 1. The summed E-state index contributed by atoms with van der Waals surface area (Å²) in [5.41, 5.74) is 1.57. The molecule has 3 aromatic carbocycles. The number of primary sulfonamides is 1. The summed E-state index contributed by atoms with van der Waals surface area (Å²) in [5.74, 6) is 0.794. The third kappa shape index (κ3) is 4.70. The predicted octanol–water partition coefficient (Wildman–Crippen LogP) is 4.18. The van der Waals surface area contributed by atoms with Gasteiger partial charge >= 0.3 is 0 Å². The van der Waals surface area contributed by atoms with E-state index in [1.54, 1.807) is 53.4 Å². The van der Waals surface area contributed by atoms with Gasteiger partial charge in [-0.3, -0.25) is 4.79 Å². The van der Waals surface area contributed by atoms with Crippen LogP contribution in [0.15, 0.2) is 65.6 Å². The minimum atomic E-state index is -3.83. The fourth-order valence-corrected chi connectivity index (χ4v) is 4.59. The van der Waals surface area contributed by atoms with Crippen LogP contribution in [0.2, 0.25) is 5.02 Å². The number of benzene rings is 3. The molecular weight excluding hydrogens is 478 g/mol. The van der Waals surface area contributed by atoms with Crippen molar-refractivity contribution < 1.29 is 22.7 Å². The Bertz CT molecular complexity index is 1400. The van der Waals surface area contributed by atoms with E-state index in [9.17, 15) is 18.5 Å². The summed E-state index contributed by atoms with van der Waals surface area (Å²) in [6, 6.07) is 18.1. The second kappa shape index (κ2) is 9.35. The lowest BCUT2D eigenvalue weighted by Crippen LogP contribution is -2.24. The van der Waals surface area contributed by atoms with Crippen molar-refractivity contribution in [2.24, 2.45) is 5.14 Å². The second-order valence-electron chi connectivity index (χ2n) is 7.67. The summed E-state index contributed by atoms with van der Waals surface area (Å²) < 4.78 is 34.4. The highest BCUT2D eigenvalue weighted by atomic mass is 35.5. The lowest BCUT2D eigenvalue weighted by molar-refractivity contribution is -0.117. The molecule has 0 aromatic heterocycles. The van der Waals surface area contributed by atoms with Gasteiger partial charge in [0.2, 0.25) is 15.9 Å². The molecule has 0 aliphatic carbocycles. The van der Waals surface area contributed by atoms with E-state index in [4.69, 9.17) is 26.2 Å². The maximum Gasteiger partial charge on any atom is 0.238 e. The topological polar surface area (TPSA) is 123 Å². The van der Waals surface area contributed by atoms with Gasteiger partial charge in [-0.1, -0.05) is 23.7 Å². The fourth-order valence-electron chi connectivity index (χ4n) is 3.91. The Balaban J connectivity index is 1.64. The summed E-state index contributed by atoms with van der Waals surface area (Å²) >= 11 is 6.22. The zero-order chi connectivity index (χ0) is 24.5. The van der Waals surface area contributed by atoms with Crippen molar-refractivity contribution in [1.29, 1.82) is 5.26 Å². The number of rotatable bonds is 6. The minimum Gasteiger partial charge on any atom is -0.495 e. The highest BCUT2D eigenvalue weighted by molar-refractivity contribution is 7.89. The van der Waals surface area contributed by atoms with Gasteiger partial charge in [0.15, 0.2) is 0 Å². The number of halogens is 1. The number of carbonyl (C=O) groups excluding carboxylic acids is 1. The Morgan fingerprint density at radius 1 is 1.09 bits per heavy atom. The van der Waals surface area contributed by atoms with Gasteiger partial charge in [0.05, 0.1) is 12.0 Å². The van der Waals surface area contributed by atoms with E-state index in [1.165, 1.54) is 19.2 Å². The number of carbonyl (C=O) groups is 1. The molecule has 0 bridgehead atoms. The van der Waals surface area contributed by atoms with Gasteiger partial charge in [-0.25, -0.2) is 13.6 Å². The average Bonchev–Trinajstić information content (AvgIpc) is 3.19. The molecule has 4 rings (SSSR count). The lowest BCUT2D eigenvalue weighted by atomic mass is 9.97. The SMILES string of the molecule is COc1cccc(Oc2cc(Cl)ccc2[C@H]2CC(=O)N(c3ccc(S(N)(=O)=O)cc3)C2)c1C#N. The summed E-state index contributed by atoms with van der Waals surface area (Å²) in [5, 5.41) is 15.2. The summed E-state index contributed by atoms with van der Waals surface area (Å²) in [4.78, 5) is 14.4. The Hall–Kier alpha value is -3.58. The first-order chi connectivity index (χ1) is 16.2. The highest BCUT2D eigenvalue weighted by Gasteiger charge is 2.33. The van der Waals surface area contributed by atoms with Crippen molar-refractivity contribution >= 4 is 33.2 Å². The van der Waals surface area contributed by atoms with E-state index in [0.717, 1.165) is 5.56 Å². The van der Waals surface area contributed by atoms with E-state index >= 15 is 0 Å². The van der Waals surface area contributed by atoms with Crippen molar-refractivity contribution in [3.63, 3.8) is 0 Å². The first-order valence-electron chi connectivity index (χ1n) is 10.2. The van der Waals surface area contributed by atoms with Crippen molar-refractivity contribution in [1.82, 2.24) is 0 Å². The number of methoxy groups -OCH3 is 1. The molecule has 1 amide bonds. The minimum absolute atomic E-state index is 0.0283. The van der Waals surface area contributed by atoms with Crippen molar-refractivity contribution in [2.75, 3.05) is 18.6 Å². The number of ether oxygens (including phenoxy) is 2. The van der Waals surface area contributed by atoms with Gasteiger partial charge in [0.1, 0.15) is 28.9 Å². The first kappa shape index (κ1) is 23.6. The van der Waals surface area contributed by atoms with Gasteiger partial charge < -0.3 is 14.4 Å². The third-order valence-corrected chi connectivity index (χ3v) is 6.72. The molecule has 0 saturated carbocycles. The predicted molar refractivity (Wildman–Crippen MR) is 127 cm³/mol. The normalized spacial score (nSPS) is 15.8. The van der Waals surface area contributed by atoms with Gasteiger partial charge in [0, 0.05) is 35.2 Å². The zero-order valence-corrected chi connectivity index (χ0v) is 19.6. The average molecular weight is 498 g/mol. The summed E-state index contributed by atoms with van der Waals surface area (Å²) in [6.45, 7) is 0.356. The van der Waals surface area contributed by atoms with E-state index < -0.39 is 10.0 Å². The molecule has 1 saturated heterocycles. The number of amides is 1. The van der Waals surface area contributed by atoms with Gasteiger partial charge in [-0.2, -0.15) is 5.26 Å². The quantitative estimate of drug-likeness (QED) is 0.545. The van der Waals surface area contributed by atoms with Gasteiger partial charge in [0.25, 0.3) is 0 Å². The Labute approximate surface area is 202 Å². The van der Waals surface area contributed by atoms with Crippen LogP contribution in [0, 0.1) is 11.3 Å². The van der Waals surface area contributed by atoms with Crippen LogP contribution in [0.3, 0.4) is 0 Å². The summed E-state index contributed by atoms with van der Waals surface area (Å²) in [7, 11) is -2.35. The van der Waals surface area contributed by atoms with Crippen LogP contribution in [0.4, 0.5) is 5.69 Å². The van der Waals surface area contributed by atoms with Gasteiger partial charge in [-0.05, 0) is 48.5 Å². The molecule has 3 aromatic rings. The zero-order valence-electron chi connectivity index (χ0n) is 18.1. The molecule has 1 fully saturated rings. The van der Waals surface area contributed by atoms with E-state index in [-0.39, 0.29) is 28.7 Å². The molecule has 174 valence electrons. The van der Waals surface area contributed by atoms with Gasteiger partial charge in [-0.15, -0.1) is 0 Å². The van der Waals surface area contributed by atoms with Crippen LogP contribution in [0.1, 0.15) is 23.5 Å². The molecule has 0 unspecified atom stereocenters. The molecule has 1 aliphatic rings. The molecular formula is C24H20ClN3O5S. The number of anilines is 1.